The number of aryl methyl sites for hydroxylation is 2. The third-order valence-electron chi connectivity index (χ3n) is 4.09. The molecule has 10 heteroatoms. The van der Waals surface area contributed by atoms with Gasteiger partial charge in [0.15, 0.2) is 5.69 Å². The van der Waals surface area contributed by atoms with Gasteiger partial charge in [0.25, 0.3) is 0 Å². The van der Waals surface area contributed by atoms with Crippen LogP contribution in [0.15, 0.2) is 12.3 Å². The van der Waals surface area contributed by atoms with E-state index in [1.807, 2.05) is 0 Å². The molecule has 1 aliphatic heterocycles. The summed E-state index contributed by atoms with van der Waals surface area (Å²) in [6.07, 6.45) is -2.20. The molecule has 2 aromatic heterocycles. The van der Waals surface area contributed by atoms with Crippen LogP contribution in [0.3, 0.4) is 0 Å². The molecule has 134 valence electrons. The Balaban J connectivity index is 2.14. The lowest BCUT2D eigenvalue weighted by Gasteiger charge is -2.22. The lowest BCUT2D eigenvalue weighted by molar-refractivity contribution is -0.141. The minimum atomic E-state index is -4.67. The maximum atomic E-state index is 13.3. The molecule has 0 saturated carbocycles. The fourth-order valence-electron chi connectivity index (χ4n) is 2.96. The Morgan fingerprint density at radius 2 is 2.08 bits per heavy atom. The first kappa shape index (κ1) is 17.2. The quantitative estimate of drug-likeness (QED) is 0.909. The van der Waals surface area contributed by atoms with Crippen molar-refractivity contribution < 1.29 is 23.1 Å². The number of aliphatic carboxylic acids is 1. The van der Waals surface area contributed by atoms with Crippen molar-refractivity contribution in [2.75, 3.05) is 11.4 Å². The van der Waals surface area contributed by atoms with E-state index < -0.39 is 23.9 Å². The van der Waals surface area contributed by atoms with Gasteiger partial charge in [-0.15, -0.1) is 0 Å². The molecule has 0 amide bonds. The maximum Gasteiger partial charge on any atom is 0.433 e. The lowest BCUT2D eigenvalue weighted by Crippen LogP contribution is -2.37. The van der Waals surface area contributed by atoms with Crippen LogP contribution in [0.1, 0.15) is 24.2 Å². The molecule has 7 nitrogen and oxygen atoms in total. The number of halogens is 3. The fraction of sp³-hybridized carbons (Fsp3) is 0.467. The molecule has 3 heterocycles. The van der Waals surface area contributed by atoms with Gasteiger partial charge >= 0.3 is 12.1 Å². The number of hydrogen-bond donors (Lipinski definition) is 1. The molecule has 1 atom stereocenters. The van der Waals surface area contributed by atoms with Crippen LogP contribution in [-0.2, 0) is 18.0 Å². The van der Waals surface area contributed by atoms with E-state index in [-0.39, 0.29) is 11.6 Å². The highest BCUT2D eigenvalue weighted by Crippen LogP contribution is 2.34. The van der Waals surface area contributed by atoms with Crippen molar-refractivity contribution in [2.45, 2.75) is 32.0 Å². The monoisotopic (exact) mass is 355 g/mol. The van der Waals surface area contributed by atoms with E-state index in [1.165, 1.54) is 9.58 Å². The lowest BCUT2D eigenvalue weighted by atomic mass is 10.1. The molecule has 1 N–H and O–H groups in total. The number of carboxylic acids is 1. The van der Waals surface area contributed by atoms with E-state index in [9.17, 15) is 23.1 Å². The Hall–Kier alpha value is -2.65. The molecule has 0 bridgehead atoms. The van der Waals surface area contributed by atoms with Gasteiger partial charge < -0.3 is 10.0 Å². The SMILES string of the molecule is Cc1nn(C)cc1-c1cc(C(F)(F)F)nc(N2CCCC2C(=O)O)n1. The largest absolute Gasteiger partial charge is 0.480 e. The summed E-state index contributed by atoms with van der Waals surface area (Å²) >= 11 is 0. The van der Waals surface area contributed by atoms with E-state index in [0.717, 1.165) is 6.07 Å². The van der Waals surface area contributed by atoms with E-state index in [4.69, 9.17) is 0 Å². The molecular weight excluding hydrogens is 339 g/mol. The molecule has 1 unspecified atom stereocenters. The molecule has 2 aromatic rings. The molecule has 3 rings (SSSR count). The number of aromatic nitrogens is 4. The standard InChI is InChI=1S/C15H16F3N5O2/c1-8-9(7-22(2)21-8)10-6-12(15(16,17)18)20-14(19-10)23-5-3-4-11(23)13(24)25/h6-7,11H,3-5H2,1-2H3,(H,24,25). The van der Waals surface area contributed by atoms with E-state index in [0.29, 0.717) is 30.6 Å². The van der Waals surface area contributed by atoms with Gasteiger partial charge in [-0.3, -0.25) is 4.68 Å². The predicted octanol–water partition coefficient (Wildman–Crippen LogP) is 2.26. The highest BCUT2D eigenvalue weighted by Gasteiger charge is 2.37. The fourth-order valence-corrected chi connectivity index (χ4v) is 2.96. The van der Waals surface area contributed by atoms with Gasteiger partial charge in [-0.05, 0) is 25.8 Å². The van der Waals surface area contributed by atoms with E-state index in [1.54, 1.807) is 20.2 Å². The number of anilines is 1. The number of carbonyl (C=O) groups is 1. The molecule has 0 aromatic carbocycles. The molecule has 0 radical (unpaired) electrons. The third kappa shape index (κ3) is 3.28. The molecular formula is C15H16F3N5O2. The van der Waals surface area contributed by atoms with Crippen LogP contribution < -0.4 is 4.90 Å². The van der Waals surface area contributed by atoms with Gasteiger partial charge in [0, 0.05) is 25.4 Å². The normalized spacial score (nSPS) is 18.0. The summed E-state index contributed by atoms with van der Waals surface area (Å²) < 4.78 is 41.3. The van der Waals surface area contributed by atoms with Crippen LogP contribution in [-0.4, -0.2) is 43.4 Å². The van der Waals surface area contributed by atoms with Crippen molar-refractivity contribution in [1.29, 1.82) is 0 Å². The summed E-state index contributed by atoms with van der Waals surface area (Å²) in [7, 11) is 1.66. The number of carboxylic acid groups (broad SMARTS) is 1. The van der Waals surface area contributed by atoms with E-state index >= 15 is 0 Å². The number of rotatable bonds is 3. The summed E-state index contributed by atoms with van der Waals surface area (Å²) in [6.45, 7) is 1.96. The summed E-state index contributed by atoms with van der Waals surface area (Å²) in [4.78, 5) is 20.4. The smallest absolute Gasteiger partial charge is 0.433 e. The Labute approximate surface area is 141 Å². The molecule has 0 aliphatic carbocycles. The van der Waals surface area contributed by atoms with Gasteiger partial charge in [-0.2, -0.15) is 18.3 Å². The Bertz CT molecular complexity index is 818. The maximum absolute atomic E-state index is 13.3. The van der Waals surface area contributed by atoms with Crippen LogP contribution in [0.5, 0.6) is 0 Å². The minimum absolute atomic E-state index is 0.0685. The van der Waals surface area contributed by atoms with Crippen LogP contribution in [0.2, 0.25) is 0 Å². The Morgan fingerprint density at radius 1 is 1.36 bits per heavy atom. The molecule has 1 aliphatic rings. The predicted molar refractivity (Wildman–Crippen MR) is 82.0 cm³/mol. The summed E-state index contributed by atoms with van der Waals surface area (Å²) in [6, 6.07) is -0.0642. The zero-order chi connectivity index (χ0) is 18.4. The molecule has 1 saturated heterocycles. The molecule has 0 spiro atoms. The average Bonchev–Trinajstić information content (AvgIpc) is 3.12. The zero-order valence-electron chi connectivity index (χ0n) is 13.6. The second-order valence-corrected chi connectivity index (χ2v) is 5.93. The second kappa shape index (κ2) is 6.01. The summed E-state index contributed by atoms with van der Waals surface area (Å²) in [5.41, 5.74) is -0.0649. The molecule has 25 heavy (non-hydrogen) atoms. The van der Waals surface area contributed by atoms with Gasteiger partial charge in [0.1, 0.15) is 6.04 Å². The highest BCUT2D eigenvalue weighted by atomic mass is 19.4. The minimum Gasteiger partial charge on any atom is -0.480 e. The number of alkyl halides is 3. The van der Waals surface area contributed by atoms with Crippen LogP contribution in [0.4, 0.5) is 19.1 Å². The Kier molecular flexibility index (Phi) is 4.13. The first-order chi connectivity index (χ1) is 11.7. The third-order valence-corrected chi connectivity index (χ3v) is 4.09. The topological polar surface area (TPSA) is 84.1 Å². The van der Waals surface area contributed by atoms with Crippen molar-refractivity contribution in [3.63, 3.8) is 0 Å². The summed E-state index contributed by atoms with van der Waals surface area (Å²) in [5.74, 6) is -1.32. The number of nitrogens with zero attached hydrogens (tertiary/aromatic N) is 5. The van der Waals surface area contributed by atoms with Crippen molar-refractivity contribution in [2.24, 2.45) is 7.05 Å². The van der Waals surface area contributed by atoms with Gasteiger partial charge in [-0.25, -0.2) is 14.8 Å². The second-order valence-electron chi connectivity index (χ2n) is 5.93. The average molecular weight is 355 g/mol. The zero-order valence-corrected chi connectivity index (χ0v) is 13.6. The first-order valence-corrected chi connectivity index (χ1v) is 7.63. The first-order valence-electron chi connectivity index (χ1n) is 7.63. The highest BCUT2D eigenvalue weighted by molar-refractivity contribution is 5.78. The Morgan fingerprint density at radius 3 is 2.64 bits per heavy atom. The molecule has 1 fully saturated rings. The van der Waals surface area contributed by atoms with Gasteiger partial charge in [0.05, 0.1) is 11.4 Å². The van der Waals surface area contributed by atoms with Crippen LogP contribution in [0, 0.1) is 6.92 Å². The van der Waals surface area contributed by atoms with Crippen molar-refractivity contribution >= 4 is 11.9 Å². The van der Waals surface area contributed by atoms with Gasteiger partial charge in [0.2, 0.25) is 5.95 Å². The number of hydrogen-bond acceptors (Lipinski definition) is 5. The van der Waals surface area contributed by atoms with Crippen molar-refractivity contribution in [3.05, 3.63) is 23.7 Å². The van der Waals surface area contributed by atoms with Crippen LogP contribution >= 0.6 is 0 Å². The van der Waals surface area contributed by atoms with E-state index in [2.05, 4.69) is 15.1 Å². The summed E-state index contributed by atoms with van der Waals surface area (Å²) in [5, 5.41) is 13.4. The van der Waals surface area contributed by atoms with Gasteiger partial charge in [-0.1, -0.05) is 0 Å². The van der Waals surface area contributed by atoms with Crippen molar-refractivity contribution in [1.82, 2.24) is 19.7 Å². The van der Waals surface area contributed by atoms with Crippen molar-refractivity contribution in [3.8, 4) is 11.3 Å². The van der Waals surface area contributed by atoms with Crippen LogP contribution in [0.25, 0.3) is 11.3 Å².